The van der Waals surface area contributed by atoms with Gasteiger partial charge in [-0.1, -0.05) is 98.1 Å². The number of nitrogens with zero attached hydrogens (tertiary/aromatic N) is 2. The van der Waals surface area contributed by atoms with Crippen LogP contribution in [0.25, 0.3) is 0 Å². The number of aliphatic hydroxyl groups excluding tert-OH is 2. The first-order chi connectivity index (χ1) is 45.7. The molecule has 3 fully saturated rings. The molecule has 2 N–H and O–H groups in total. The van der Waals surface area contributed by atoms with E-state index in [1.54, 1.807) is 30.3 Å². The summed E-state index contributed by atoms with van der Waals surface area (Å²) >= 11 is 0. The molecule has 8 rings (SSSR count). The summed E-state index contributed by atoms with van der Waals surface area (Å²) in [5, 5.41) is 18.2. The molecule has 0 saturated carbocycles. The van der Waals surface area contributed by atoms with Gasteiger partial charge in [0, 0.05) is 42.4 Å². The lowest BCUT2D eigenvalue weighted by Gasteiger charge is -2.37. The molecule has 2 aromatic carbocycles. The van der Waals surface area contributed by atoms with Crippen LogP contribution in [0.15, 0.2) is 204 Å². The van der Waals surface area contributed by atoms with Crippen molar-refractivity contribution in [3.8, 4) is 0 Å². The maximum atomic E-state index is 13.0. The molecular weight excluding hydrogens is 1440 g/mol. The quantitative estimate of drug-likeness (QED) is 0.0351. The van der Waals surface area contributed by atoms with E-state index in [0.29, 0.717) is 57.8 Å². The first-order valence-electron chi connectivity index (χ1n) is 33.6. The van der Waals surface area contributed by atoms with Crippen molar-refractivity contribution in [3.63, 3.8) is 0 Å². The van der Waals surface area contributed by atoms with Gasteiger partial charge in [-0.15, -0.1) is 0 Å². The number of allylic oxidation sites excluding steroid dienone is 11. The number of carbonyl (C=O) groups is 6. The van der Waals surface area contributed by atoms with Gasteiger partial charge in [-0.3, -0.25) is 28.1 Å². The van der Waals surface area contributed by atoms with Crippen LogP contribution >= 0.6 is 0 Å². The lowest BCUT2D eigenvalue weighted by atomic mass is 9.68. The Bertz CT molecular complexity index is 3560. The zero-order valence-corrected chi connectivity index (χ0v) is 64.2. The minimum absolute atomic E-state index is 0. The molecule has 0 radical (unpaired) electrons. The topological polar surface area (TPSA) is 198 Å². The Morgan fingerprint density at radius 3 is 1.15 bits per heavy atom. The molecule has 100 heavy (non-hydrogen) atoms. The molecule has 0 aromatic heterocycles. The zero-order valence-electron chi connectivity index (χ0n) is 60.5. The molecule has 3 heterocycles. The number of benzene rings is 2. The second-order valence-electron chi connectivity index (χ2n) is 28.7. The van der Waals surface area contributed by atoms with Crippen LogP contribution in [0.1, 0.15) is 161 Å². The van der Waals surface area contributed by atoms with E-state index in [1.165, 1.54) is 29.2 Å². The normalized spacial score (nSPS) is 24.5. The second kappa shape index (κ2) is 38.8. The summed E-state index contributed by atoms with van der Waals surface area (Å²) in [6.07, 6.45) is 29.8. The predicted molar refractivity (Wildman–Crippen MR) is 391 cm³/mol. The minimum Gasteiger partial charge on any atom is -1.00 e. The molecule has 0 amide bonds. The number of quaternary nitrogens is 2. The molecule has 546 valence electrons. The monoisotopic (exact) mass is 1550 g/mol. The Kier molecular flexibility index (Phi) is 33.8. The maximum Gasteiger partial charge on any atom is 0.338 e. The fraction of sp³-hybridized carbons (Fsp3) is 0.463. The molecule has 3 unspecified atom stereocenters. The van der Waals surface area contributed by atoms with Crippen LogP contribution in [0.3, 0.4) is 0 Å². The molecule has 3 spiro atoms. The van der Waals surface area contributed by atoms with Gasteiger partial charge in [0.25, 0.3) is 0 Å². The van der Waals surface area contributed by atoms with Crippen molar-refractivity contribution in [3.05, 3.63) is 215 Å². The number of hydrogen-bond donors (Lipinski definition) is 2. The van der Waals surface area contributed by atoms with E-state index < -0.39 is 52.9 Å². The van der Waals surface area contributed by atoms with Gasteiger partial charge in [0.1, 0.15) is 54.5 Å². The van der Waals surface area contributed by atoms with E-state index in [4.69, 9.17) is 38.6 Å². The first kappa shape index (κ1) is 87.1. The van der Waals surface area contributed by atoms with E-state index in [9.17, 15) is 28.8 Å². The highest BCUT2D eigenvalue weighted by Crippen LogP contribution is 2.52. The average molecular weight is 1550 g/mol. The summed E-state index contributed by atoms with van der Waals surface area (Å²) in [6, 6.07) is 15.0. The van der Waals surface area contributed by atoms with Crippen molar-refractivity contribution >= 4 is 47.2 Å². The second-order valence-corrected chi connectivity index (χ2v) is 28.7. The number of esters is 6. The first-order valence-corrected chi connectivity index (χ1v) is 33.6. The molecule has 2 aromatic rings. The molecule has 3 aliphatic carbocycles. The van der Waals surface area contributed by atoms with Gasteiger partial charge in [-0.05, 0) is 200 Å². The highest BCUT2D eigenvalue weighted by molar-refractivity contribution is 5.91. The standard InChI is InChI=1S/C31H40NO4.C29H38NO4.C21H28O6.CH4.BrH.HI/c1-8-18-32(6,7)26-15-13-25(14-16-26)30(34)35-27-17-12-24(5)31(20-27)21-29(33)36-28(31)19-23(4)11-9-10-22(2)3;1-20(2)9-8-10-21(3)17-26-29(19-27(31)34-26)18-25(16-11-22(29)4)33-28(32)23-12-14-24(15-13-23)30(5,6)7;1-14(5-4-6-17(12-22)13-23)9-19-21(11-20(25)27-19)10-18(26-16(3)24)8-7-15(21)2;;;/h8,10,12-17,19,27-28H,1,5,9,11,18,20-21H2,2-4,6-7H3;9,11-17,25-26H,4,8,10,18-19H2,1-3,5-7H3;6-9,18-19,22-23H,2,4-5,10-13H2,1,3H3;1H4;2*1H/q2*+1;;;;/p-2/b23-19+;21-17+;14-9+;;;/t27-,28-,31?;25-,26-,29?;18-,19-,21?;;;/m111.../s1. The third-order valence-electron chi connectivity index (χ3n) is 18.9. The van der Waals surface area contributed by atoms with E-state index in [0.717, 1.165) is 65.9 Å². The average Bonchev–Trinajstić information content (AvgIpc) is 1.59. The van der Waals surface area contributed by atoms with Crippen LogP contribution < -0.4 is 49.9 Å². The van der Waals surface area contributed by atoms with Gasteiger partial charge in [0.05, 0.1) is 78.8 Å². The Labute approximate surface area is 623 Å². The molecule has 16 nitrogen and oxygen atoms in total. The van der Waals surface area contributed by atoms with Gasteiger partial charge in [0.15, 0.2) is 0 Å². The van der Waals surface area contributed by atoms with Gasteiger partial charge >= 0.3 is 35.8 Å². The number of carbonyl (C=O) groups excluding carboxylic acids is 6. The molecule has 6 aliphatic rings. The van der Waals surface area contributed by atoms with Crippen molar-refractivity contribution in [2.75, 3.05) is 55.0 Å². The molecular formula is C82H110BrIN2O14. The fourth-order valence-electron chi connectivity index (χ4n) is 13.1. The van der Waals surface area contributed by atoms with Gasteiger partial charge in [-0.2, -0.15) is 0 Å². The summed E-state index contributed by atoms with van der Waals surface area (Å²) < 4.78 is 35.4. The molecule has 0 bridgehead atoms. The highest BCUT2D eigenvalue weighted by Gasteiger charge is 2.55. The third-order valence-corrected chi connectivity index (χ3v) is 18.9. The summed E-state index contributed by atoms with van der Waals surface area (Å²) in [5.41, 5.74) is 10.4. The summed E-state index contributed by atoms with van der Waals surface area (Å²) in [7, 11) is 10.4. The zero-order chi connectivity index (χ0) is 71.6. The van der Waals surface area contributed by atoms with Crippen molar-refractivity contribution in [2.45, 2.75) is 176 Å². The van der Waals surface area contributed by atoms with Gasteiger partial charge in [-0.25, -0.2) is 9.59 Å². The van der Waals surface area contributed by atoms with E-state index in [-0.39, 0.29) is 117 Å². The smallest absolute Gasteiger partial charge is 0.338 e. The van der Waals surface area contributed by atoms with Crippen LogP contribution in [0.5, 0.6) is 0 Å². The number of ether oxygens (including phenoxy) is 6. The largest absolute Gasteiger partial charge is 1.00 e. The molecule has 18 heteroatoms. The summed E-state index contributed by atoms with van der Waals surface area (Å²) in [6.45, 7) is 32.7. The third kappa shape index (κ3) is 23.8. The number of halogens is 2. The van der Waals surface area contributed by atoms with E-state index >= 15 is 0 Å². The van der Waals surface area contributed by atoms with Gasteiger partial charge in [0.2, 0.25) is 0 Å². The number of aliphatic hydroxyl groups is 2. The Morgan fingerprint density at radius 2 is 0.850 bits per heavy atom. The SMILES string of the molecule is C.C=C1C=C[C@@H](OC(=O)c2ccc([N+](C)(C)C)cc2)CC12CC(=O)O[C@@H]2/C=C(\C)CCC=C(C)C.C=C1C=C[C@@H](OC(C)=O)CC12CC(=O)O[C@@H]2/C=C(\C)CCC=C(CO)CO.C=CC[N+](C)(C)c1ccc(C(=O)O[C@@H]2C=CC(=C)C3(CC(=O)O[C@@H]3/C=C(\C)CCC=C(C)C)C2)cc1.[Br-].[I-]. The number of cyclic esters (lactones) is 3. The molecule has 3 saturated heterocycles. The number of likely N-dealkylation sites (N-methyl/N-ethyl adjacent to an activating group) is 1. The number of rotatable bonds is 23. The van der Waals surface area contributed by atoms with Crippen molar-refractivity contribution in [2.24, 2.45) is 16.2 Å². The maximum absolute atomic E-state index is 13.0. The van der Waals surface area contributed by atoms with Crippen LogP contribution in [0.2, 0.25) is 0 Å². The highest BCUT2D eigenvalue weighted by atomic mass is 127. The van der Waals surface area contributed by atoms with Crippen molar-refractivity contribution in [1.82, 2.24) is 8.97 Å². The molecule has 9 atom stereocenters. The Morgan fingerprint density at radius 1 is 0.530 bits per heavy atom. The lowest BCUT2D eigenvalue weighted by molar-refractivity contribution is -0.146. The lowest BCUT2D eigenvalue weighted by Crippen LogP contribution is -3.00. The summed E-state index contributed by atoms with van der Waals surface area (Å²) in [4.78, 5) is 74.0. The van der Waals surface area contributed by atoms with Gasteiger partial charge < -0.3 is 79.6 Å². The van der Waals surface area contributed by atoms with Crippen LogP contribution in [0, 0.1) is 16.2 Å². The molecule has 3 aliphatic heterocycles. The van der Waals surface area contributed by atoms with Crippen LogP contribution in [-0.4, -0.2) is 138 Å². The van der Waals surface area contributed by atoms with Crippen molar-refractivity contribution < 1.29 is 108 Å². The van der Waals surface area contributed by atoms with E-state index in [2.05, 4.69) is 127 Å². The van der Waals surface area contributed by atoms with Crippen molar-refractivity contribution in [1.29, 1.82) is 0 Å². The minimum atomic E-state index is -0.607. The number of hydrogen-bond acceptors (Lipinski definition) is 14. The van der Waals surface area contributed by atoms with Crippen LogP contribution in [0.4, 0.5) is 11.4 Å². The Balaban J connectivity index is 0.000000388. The summed E-state index contributed by atoms with van der Waals surface area (Å²) in [5.74, 6) is -1.90. The fourth-order valence-corrected chi connectivity index (χ4v) is 13.1. The van der Waals surface area contributed by atoms with Crippen LogP contribution in [-0.2, 0) is 47.6 Å². The van der Waals surface area contributed by atoms with E-state index in [1.807, 2.05) is 79.8 Å². The predicted octanol–water partition coefficient (Wildman–Crippen LogP) is 9.41. The Hall–Kier alpha value is -7.07.